The highest BCUT2D eigenvalue weighted by atomic mass is 14.0. The van der Waals surface area contributed by atoms with E-state index in [0.29, 0.717) is 0 Å². The fourth-order valence-corrected chi connectivity index (χ4v) is 6.21. The molecule has 0 aliphatic rings. The van der Waals surface area contributed by atoms with Crippen LogP contribution in [0.2, 0.25) is 0 Å². The molecule has 0 nitrogen and oxygen atoms in total. The monoisotopic (exact) mass is 751 g/mol. The Bertz CT molecular complexity index is 800. The summed E-state index contributed by atoms with van der Waals surface area (Å²) in [6.07, 6.45) is 66.7. The van der Waals surface area contributed by atoms with E-state index in [1.165, 1.54) is 180 Å². The topological polar surface area (TPSA) is 0 Å². The van der Waals surface area contributed by atoms with Gasteiger partial charge in [0.05, 0.1) is 0 Å². The fraction of sp³-hybridized carbons (Fsp3) is 0.778. The van der Waals surface area contributed by atoms with Crippen LogP contribution in [0.15, 0.2) is 73.4 Å². The highest BCUT2D eigenvalue weighted by Crippen LogP contribution is 2.14. The van der Waals surface area contributed by atoms with Crippen LogP contribution in [0.25, 0.3) is 0 Å². The standard InChI is InChI=1S/C18H36.C18H34.C18H32/c3*1-4-5-6-7-8-9-10-11-12-13-14-15-16-17-18(2)3/h9-10,18H,4-8,11-17H2,1-3H3;6-7,9-10,18H,4-5,8,11-17H2,1-3H3;4,6-7,9-10,18H,1,5,8,11-17H2,2-3H3/b10-9+;2*7-6+,10-9+. The molecule has 0 N–H and O–H groups in total. The lowest BCUT2D eigenvalue weighted by Crippen LogP contribution is -1.86. The van der Waals surface area contributed by atoms with Crippen molar-refractivity contribution in [2.45, 2.75) is 254 Å². The first-order chi connectivity index (χ1) is 26.3. The summed E-state index contributed by atoms with van der Waals surface area (Å²) in [5.74, 6) is 2.65. The smallest absolute Gasteiger partial charge is 0.0169 e. The summed E-state index contributed by atoms with van der Waals surface area (Å²) in [6.45, 7) is 22.1. The summed E-state index contributed by atoms with van der Waals surface area (Å²) in [6, 6.07) is 0. The minimum atomic E-state index is 0.877. The first kappa shape index (κ1) is 56.8. The van der Waals surface area contributed by atoms with Gasteiger partial charge in [-0.25, -0.2) is 0 Å². The molecular formula is C54H102. The zero-order valence-corrected chi connectivity index (χ0v) is 38.7. The van der Waals surface area contributed by atoms with Crippen LogP contribution < -0.4 is 0 Å². The molecule has 0 fully saturated rings. The Morgan fingerprint density at radius 3 is 0.907 bits per heavy atom. The third-order valence-corrected chi connectivity index (χ3v) is 9.82. The summed E-state index contributed by atoms with van der Waals surface area (Å²) in [7, 11) is 0. The maximum absolute atomic E-state index is 3.69. The Hall–Kier alpha value is -1.56. The SMILES string of the molecule is C=CC/C=C/C/C=C/CCCCCCCC(C)C.CCC/C=C/C/C=C/CCCCCCCC(C)C.CCCCCC/C=C/CCCCCCCC(C)C. The van der Waals surface area contributed by atoms with Crippen molar-refractivity contribution in [1.82, 2.24) is 0 Å². The van der Waals surface area contributed by atoms with E-state index in [4.69, 9.17) is 0 Å². The number of hydrogen-bond donors (Lipinski definition) is 0. The molecule has 318 valence electrons. The molecule has 0 aromatic carbocycles. The van der Waals surface area contributed by atoms with E-state index < -0.39 is 0 Å². The van der Waals surface area contributed by atoms with Crippen molar-refractivity contribution in [2.75, 3.05) is 0 Å². The van der Waals surface area contributed by atoms with Gasteiger partial charge < -0.3 is 0 Å². The van der Waals surface area contributed by atoms with Crippen LogP contribution in [0.4, 0.5) is 0 Å². The van der Waals surface area contributed by atoms with Crippen LogP contribution in [0, 0.1) is 17.8 Å². The second kappa shape index (κ2) is 53.5. The van der Waals surface area contributed by atoms with Gasteiger partial charge in [-0.1, -0.05) is 244 Å². The quantitative estimate of drug-likeness (QED) is 0.0438. The molecule has 0 bridgehead atoms. The second-order valence-corrected chi connectivity index (χ2v) is 17.2. The molecular weight excluding hydrogens is 649 g/mol. The molecule has 0 heterocycles. The van der Waals surface area contributed by atoms with Crippen molar-refractivity contribution < 1.29 is 0 Å². The molecule has 0 radical (unpaired) electrons. The number of allylic oxidation sites excluding steroid dienone is 11. The van der Waals surface area contributed by atoms with Gasteiger partial charge in [0, 0.05) is 0 Å². The van der Waals surface area contributed by atoms with Crippen LogP contribution in [0.3, 0.4) is 0 Å². The van der Waals surface area contributed by atoms with Crippen molar-refractivity contribution >= 4 is 0 Å². The lowest BCUT2D eigenvalue weighted by Gasteiger charge is -2.03. The van der Waals surface area contributed by atoms with E-state index in [1.807, 2.05) is 6.08 Å². The lowest BCUT2D eigenvalue weighted by molar-refractivity contribution is 0.516. The summed E-state index contributed by atoms with van der Waals surface area (Å²) in [4.78, 5) is 0. The molecule has 0 saturated carbocycles. The Morgan fingerprint density at radius 1 is 0.296 bits per heavy atom. The van der Waals surface area contributed by atoms with E-state index in [-0.39, 0.29) is 0 Å². The van der Waals surface area contributed by atoms with Gasteiger partial charge in [0.1, 0.15) is 0 Å². The van der Waals surface area contributed by atoms with Gasteiger partial charge in [-0.2, -0.15) is 0 Å². The molecule has 0 aromatic rings. The molecule has 0 unspecified atom stereocenters. The maximum atomic E-state index is 3.69. The minimum absolute atomic E-state index is 0.877. The molecule has 0 rings (SSSR count). The Morgan fingerprint density at radius 2 is 0.574 bits per heavy atom. The van der Waals surface area contributed by atoms with E-state index in [2.05, 4.69) is 123 Å². The predicted molar refractivity (Wildman–Crippen MR) is 255 cm³/mol. The minimum Gasteiger partial charge on any atom is -0.103 e. The van der Waals surface area contributed by atoms with Crippen LogP contribution in [-0.2, 0) is 0 Å². The number of unbranched alkanes of at least 4 members (excludes halogenated alkanes) is 20. The van der Waals surface area contributed by atoms with E-state index in [0.717, 1.165) is 37.0 Å². The number of rotatable bonds is 37. The third kappa shape index (κ3) is 65.3. The zero-order chi connectivity index (χ0) is 40.4. The van der Waals surface area contributed by atoms with Crippen molar-refractivity contribution in [3.8, 4) is 0 Å². The maximum Gasteiger partial charge on any atom is -0.0169 e. The lowest BCUT2D eigenvalue weighted by atomic mass is 10.0. The van der Waals surface area contributed by atoms with Gasteiger partial charge in [-0.15, -0.1) is 6.58 Å². The molecule has 0 saturated heterocycles. The number of hydrogen-bond acceptors (Lipinski definition) is 0. The average molecular weight is 751 g/mol. The second-order valence-electron chi connectivity index (χ2n) is 17.2. The molecule has 54 heavy (non-hydrogen) atoms. The molecule has 0 aromatic heterocycles. The van der Waals surface area contributed by atoms with Crippen molar-refractivity contribution in [2.24, 2.45) is 17.8 Å². The summed E-state index contributed by atoms with van der Waals surface area (Å²) < 4.78 is 0. The summed E-state index contributed by atoms with van der Waals surface area (Å²) in [5, 5.41) is 0. The van der Waals surface area contributed by atoms with Gasteiger partial charge in [0.25, 0.3) is 0 Å². The normalized spacial score (nSPS) is 12.0. The molecule has 0 aliphatic heterocycles. The highest BCUT2D eigenvalue weighted by Gasteiger charge is 1.96. The Labute approximate surface area is 344 Å². The molecule has 0 amide bonds. The van der Waals surface area contributed by atoms with Crippen molar-refractivity contribution in [3.05, 3.63) is 73.4 Å². The van der Waals surface area contributed by atoms with Gasteiger partial charge >= 0.3 is 0 Å². The largest absolute Gasteiger partial charge is 0.103 e. The van der Waals surface area contributed by atoms with E-state index in [1.54, 1.807) is 0 Å². The van der Waals surface area contributed by atoms with Crippen LogP contribution in [0.1, 0.15) is 254 Å². The fourth-order valence-electron chi connectivity index (χ4n) is 6.21. The van der Waals surface area contributed by atoms with Crippen molar-refractivity contribution in [1.29, 1.82) is 0 Å². The van der Waals surface area contributed by atoms with Crippen LogP contribution >= 0.6 is 0 Å². The molecule has 0 aliphatic carbocycles. The Kier molecular flexibility index (Phi) is 56.3. The van der Waals surface area contributed by atoms with Crippen LogP contribution in [0.5, 0.6) is 0 Å². The zero-order valence-electron chi connectivity index (χ0n) is 38.7. The summed E-state index contributed by atoms with van der Waals surface area (Å²) in [5.41, 5.74) is 0. The Balaban J connectivity index is -0.000000722. The van der Waals surface area contributed by atoms with E-state index in [9.17, 15) is 0 Å². The first-order valence-electron chi connectivity index (χ1n) is 24.2. The average Bonchev–Trinajstić information content (AvgIpc) is 3.14. The third-order valence-electron chi connectivity index (χ3n) is 9.82. The van der Waals surface area contributed by atoms with Gasteiger partial charge in [0.15, 0.2) is 0 Å². The van der Waals surface area contributed by atoms with Gasteiger partial charge in [0.2, 0.25) is 0 Å². The van der Waals surface area contributed by atoms with E-state index >= 15 is 0 Å². The molecule has 0 atom stereocenters. The van der Waals surface area contributed by atoms with Crippen molar-refractivity contribution in [3.63, 3.8) is 0 Å². The molecule has 0 heteroatoms. The predicted octanol–water partition coefficient (Wildman–Crippen LogP) is 20.0. The first-order valence-corrected chi connectivity index (χ1v) is 24.2. The molecule has 0 spiro atoms. The van der Waals surface area contributed by atoms with Crippen LogP contribution in [-0.4, -0.2) is 0 Å². The van der Waals surface area contributed by atoms with Gasteiger partial charge in [-0.3, -0.25) is 0 Å². The van der Waals surface area contributed by atoms with Gasteiger partial charge in [-0.05, 0) is 94.8 Å². The highest BCUT2D eigenvalue weighted by molar-refractivity contribution is 4.95. The summed E-state index contributed by atoms with van der Waals surface area (Å²) >= 11 is 0.